The van der Waals surface area contributed by atoms with Gasteiger partial charge < -0.3 is 15.5 Å². The van der Waals surface area contributed by atoms with Gasteiger partial charge in [-0.25, -0.2) is 0 Å². The zero-order valence-corrected chi connectivity index (χ0v) is 17.2. The molecule has 1 heterocycles. The van der Waals surface area contributed by atoms with Crippen molar-refractivity contribution in [3.63, 3.8) is 0 Å². The van der Waals surface area contributed by atoms with Gasteiger partial charge in [0.05, 0.1) is 6.54 Å². The molecule has 6 heteroatoms. The van der Waals surface area contributed by atoms with Gasteiger partial charge in [-0.1, -0.05) is 26.0 Å². The smallest absolute Gasteiger partial charge is 0.243 e. The number of aliphatic imine (C=N–C) groups is 1. The Hall–Kier alpha value is -1.31. The van der Waals surface area contributed by atoms with E-state index < -0.39 is 0 Å². The maximum atomic E-state index is 12.1. The number of nitrogens with zero attached hydrogens (tertiary/aromatic N) is 2. The molecule has 1 aromatic carbocycles. The highest BCUT2D eigenvalue weighted by molar-refractivity contribution is 14.0. The van der Waals surface area contributed by atoms with Gasteiger partial charge >= 0.3 is 0 Å². The number of benzene rings is 1. The highest BCUT2D eigenvalue weighted by Crippen LogP contribution is 2.15. The van der Waals surface area contributed by atoms with Gasteiger partial charge in [-0.15, -0.1) is 24.0 Å². The van der Waals surface area contributed by atoms with Crippen LogP contribution in [-0.2, 0) is 11.2 Å². The van der Waals surface area contributed by atoms with Crippen molar-refractivity contribution in [1.29, 1.82) is 0 Å². The van der Waals surface area contributed by atoms with Gasteiger partial charge in [0.1, 0.15) is 0 Å². The van der Waals surface area contributed by atoms with Crippen molar-refractivity contribution in [1.82, 2.24) is 10.2 Å². The predicted octanol–water partition coefficient (Wildman–Crippen LogP) is 3.11. The van der Waals surface area contributed by atoms with Gasteiger partial charge in [-0.2, -0.15) is 0 Å². The first-order valence-corrected chi connectivity index (χ1v) is 8.46. The van der Waals surface area contributed by atoms with Crippen LogP contribution in [0.5, 0.6) is 0 Å². The third-order valence-electron chi connectivity index (χ3n) is 4.19. The summed E-state index contributed by atoms with van der Waals surface area (Å²) in [4.78, 5) is 18.7. The number of carbonyl (C=O) groups excluding carboxylic acids is 1. The van der Waals surface area contributed by atoms with Crippen LogP contribution in [0.2, 0.25) is 0 Å². The summed E-state index contributed by atoms with van der Waals surface area (Å²) in [5, 5.41) is 6.11. The van der Waals surface area contributed by atoms with Gasteiger partial charge in [-0.3, -0.25) is 9.79 Å². The largest absolute Gasteiger partial charge is 0.347 e. The van der Waals surface area contributed by atoms with Gasteiger partial charge in [0.2, 0.25) is 5.91 Å². The summed E-state index contributed by atoms with van der Waals surface area (Å²) < 4.78 is 0. The SMILES string of the molecule is CCc1cccc(NC(=O)CNC(=NC)N2CCCC(C)C2)c1.I. The molecular formula is C18H29IN4O. The minimum absolute atomic E-state index is 0. The van der Waals surface area contributed by atoms with Crippen LogP contribution in [0.3, 0.4) is 0 Å². The van der Waals surface area contributed by atoms with Gasteiger partial charge in [-0.05, 0) is 42.9 Å². The molecule has 5 nitrogen and oxygen atoms in total. The Morgan fingerprint density at radius 2 is 2.21 bits per heavy atom. The molecule has 1 aliphatic rings. The summed E-state index contributed by atoms with van der Waals surface area (Å²) in [7, 11) is 1.77. The molecule has 24 heavy (non-hydrogen) atoms. The van der Waals surface area contributed by atoms with E-state index in [4.69, 9.17) is 0 Å². The van der Waals surface area contributed by atoms with E-state index in [1.54, 1.807) is 7.05 Å². The first-order chi connectivity index (χ1) is 11.1. The van der Waals surface area contributed by atoms with Crippen molar-refractivity contribution in [2.75, 3.05) is 32.0 Å². The average molecular weight is 444 g/mol. The van der Waals surface area contributed by atoms with E-state index in [2.05, 4.69) is 40.4 Å². The van der Waals surface area contributed by atoms with Crippen molar-refractivity contribution in [3.05, 3.63) is 29.8 Å². The van der Waals surface area contributed by atoms with Gasteiger partial charge in [0, 0.05) is 25.8 Å². The number of hydrogen-bond donors (Lipinski definition) is 2. The lowest BCUT2D eigenvalue weighted by atomic mass is 10.0. The number of anilines is 1. The number of halogens is 1. The fraction of sp³-hybridized carbons (Fsp3) is 0.556. The lowest BCUT2D eigenvalue weighted by Crippen LogP contribution is -2.48. The lowest BCUT2D eigenvalue weighted by Gasteiger charge is -2.33. The van der Waals surface area contributed by atoms with Crippen LogP contribution >= 0.6 is 24.0 Å². The first kappa shape index (κ1) is 20.7. The second-order valence-electron chi connectivity index (χ2n) is 6.20. The number of rotatable bonds is 4. The van der Waals surface area contributed by atoms with Crippen LogP contribution in [0.4, 0.5) is 5.69 Å². The van der Waals surface area contributed by atoms with Crippen molar-refractivity contribution in [2.24, 2.45) is 10.9 Å². The number of guanidine groups is 1. The molecule has 0 spiro atoms. The molecule has 0 saturated carbocycles. The van der Waals surface area contributed by atoms with E-state index in [0.717, 1.165) is 31.2 Å². The summed E-state index contributed by atoms with van der Waals surface area (Å²) in [6.07, 6.45) is 3.40. The standard InChI is InChI=1S/C18H28N4O.HI/c1-4-15-8-5-9-16(11-15)21-17(23)12-20-18(19-3)22-10-6-7-14(2)13-22;/h5,8-9,11,14H,4,6-7,10,12-13H2,1-3H3,(H,19,20)(H,21,23);1H. The molecule has 1 aromatic rings. The first-order valence-electron chi connectivity index (χ1n) is 8.46. The molecule has 1 atom stereocenters. The Kier molecular flexibility index (Phi) is 9.10. The van der Waals surface area contributed by atoms with Crippen molar-refractivity contribution < 1.29 is 4.79 Å². The van der Waals surface area contributed by atoms with E-state index in [0.29, 0.717) is 5.92 Å². The topological polar surface area (TPSA) is 56.7 Å². The van der Waals surface area contributed by atoms with Crippen molar-refractivity contribution in [2.45, 2.75) is 33.1 Å². The number of amides is 1. The Bertz CT molecular complexity index is 562. The van der Waals surface area contributed by atoms with Crippen LogP contribution in [0, 0.1) is 5.92 Å². The molecule has 0 bridgehead atoms. The molecule has 0 aromatic heterocycles. The number of piperidine rings is 1. The molecule has 1 aliphatic heterocycles. The molecule has 1 amide bonds. The highest BCUT2D eigenvalue weighted by atomic mass is 127. The summed E-state index contributed by atoms with van der Waals surface area (Å²) in [5.74, 6) is 1.44. The molecule has 134 valence electrons. The Balaban J connectivity index is 0.00000288. The normalized spacial score (nSPS) is 17.9. The van der Waals surface area contributed by atoms with Crippen LogP contribution in [0.1, 0.15) is 32.3 Å². The minimum atomic E-state index is -0.0514. The zero-order valence-electron chi connectivity index (χ0n) is 14.8. The van der Waals surface area contributed by atoms with Crippen LogP contribution < -0.4 is 10.6 Å². The summed E-state index contributed by atoms with van der Waals surface area (Å²) >= 11 is 0. The molecule has 2 rings (SSSR count). The third kappa shape index (κ3) is 6.30. The highest BCUT2D eigenvalue weighted by Gasteiger charge is 2.19. The molecule has 1 fully saturated rings. The number of aryl methyl sites for hydroxylation is 1. The van der Waals surface area contributed by atoms with E-state index in [1.165, 1.54) is 18.4 Å². The van der Waals surface area contributed by atoms with Crippen molar-refractivity contribution in [3.8, 4) is 0 Å². The molecule has 0 aliphatic carbocycles. The van der Waals surface area contributed by atoms with Crippen LogP contribution in [0.15, 0.2) is 29.3 Å². The molecule has 1 saturated heterocycles. The number of carbonyl (C=O) groups is 1. The maximum absolute atomic E-state index is 12.1. The molecule has 0 radical (unpaired) electrons. The predicted molar refractivity (Wildman–Crippen MR) is 111 cm³/mol. The summed E-state index contributed by atoms with van der Waals surface area (Å²) in [5.41, 5.74) is 2.06. The Labute approximate surface area is 162 Å². The number of hydrogen-bond acceptors (Lipinski definition) is 2. The molecule has 1 unspecified atom stereocenters. The quantitative estimate of drug-likeness (QED) is 0.427. The maximum Gasteiger partial charge on any atom is 0.243 e. The second kappa shape index (κ2) is 10.5. The Morgan fingerprint density at radius 1 is 1.42 bits per heavy atom. The van der Waals surface area contributed by atoms with Crippen LogP contribution in [0.25, 0.3) is 0 Å². The Morgan fingerprint density at radius 3 is 2.88 bits per heavy atom. The van der Waals surface area contributed by atoms with Crippen LogP contribution in [-0.4, -0.2) is 43.4 Å². The van der Waals surface area contributed by atoms with E-state index in [9.17, 15) is 4.79 Å². The van der Waals surface area contributed by atoms with E-state index in [1.807, 2.05) is 18.2 Å². The summed E-state index contributed by atoms with van der Waals surface area (Å²) in [6.45, 7) is 6.59. The van der Waals surface area contributed by atoms with E-state index in [-0.39, 0.29) is 36.4 Å². The fourth-order valence-corrected chi connectivity index (χ4v) is 2.95. The summed E-state index contributed by atoms with van der Waals surface area (Å²) in [6, 6.07) is 7.96. The van der Waals surface area contributed by atoms with Gasteiger partial charge in [0.25, 0.3) is 0 Å². The third-order valence-corrected chi connectivity index (χ3v) is 4.19. The van der Waals surface area contributed by atoms with Gasteiger partial charge in [0.15, 0.2) is 5.96 Å². The number of likely N-dealkylation sites (tertiary alicyclic amines) is 1. The minimum Gasteiger partial charge on any atom is -0.347 e. The van der Waals surface area contributed by atoms with Crippen molar-refractivity contribution >= 4 is 41.5 Å². The fourth-order valence-electron chi connectivity index (χ4n) is 2.95. The zero-order chi connectivity index (χ0) is 16.7. The van der Waals surface area contributed by atoms with E-state index >= 15 is 0 Å². The molecular weight excluding hydrogens is 415 g/mol. The molecule has 2 N–H and O–H groups in total. The second-order valence-corrected chi connectivity index (χ2v) is 6.20. The lowest BCUT2D eigenvalue weighted by molar-refractivity contribution is -0.115. The average Bonchev–Trinajstić information content (AvgIpc) is 2.55. The number of nitrogens with one attached hydrogen (secondary N) is 2. The monoisotopic (exact) mass is 444 g/mol.